The molecule has 29 heavy (non-hydrogen) atoms. The van der Waals surface area contributed by atoms with Crippen LogP contribution in [0.15, 0.2) is 52.9 Å². The zero-order valence-electron chi connectivity index (χ0n) is 14.9. The number of nitrogens with one attached hydrogen (secondary N) is 2. The SMILES string of the molecule is Cc1c(Cl)cccc1-c1ccc(C(=O)NC(=S)Nc2ccc(F)c([N+](=O)[O-])c2)o1. The molecule has 0 atom stereocenters. The summed E-state index contributed by atoms with van der Waals surface area (Å²) in [6, 6.07) is 11.6. The number of thiocarbonyl (C=S) groups is 1. The van der Waals surface area contributed by atoms with Crippen molar-refractivity contribution in [3.8, 4) is 11.3 Å². The summed E-state index contributed by atoms with van der Waals surface area (Å²) in [6.07, 6.45) is 0. The largest absolute Gasteiger partial charge is 0.451 e. The summed E-state index contributed by atoms with van der Waals surface area (Å²) >= 11 is 11.1. The van der Waals surface area contributed by atoms with Crippen LogP contribution in [0.5, 0.6) is 0 Å². The fourth-order valence-corrected chi connectivity index (χ4v) is 2.92. The average molecular weight is 434 g/mol. The maximum Gasteiger partial charge on any atom is 0.306 e. The number of benzene rings is 2. The van der Waals surface area contributed by atoms with Crippen LogP contribution < -0.4 is 10.6 Å². The predicted octanol–water partition coefficient (Wildman–Crippen LogP) is 5.08. The van der Waals surface area contributed by atoms with E-state index in [0.717, 1.165) is 23.3 Å². The van der Waals surface area contributed by atoms with E-state index in [1.165, 1.54) is 12.1 Å². The van der Waals surface area contributed by atoms with Crippen LogP contribution in [0.3, 0.4) is 0 Å². The molecule has 2 aromatic carbocycles. The number of nitrogens with zero attached hydrogens (tertiary/aromatic N) is 1. The highest BCUT2D eigenvalue weighted by Gasteiger charge is 2.17. The van der Waals surface area contributed by atoms with Crippen LogP contribution in [0.2, 0.25) is 5.02 Å². The third-order valence-corrected chi connectivity index (χ3v) is 4.60. The number of carbonyl (C=O) groups excluding carboxylic acids is 1. The minimum Gasteiger partial charge on any atom is -0.451 e. The van der Waals surface area contributed by atoms with Gasteiger partial charge < -0.3 is 9.73 Å². The number of carbonyl (C=O) groups is 1. The fraction of sp³-hybridized carbons (Fsp3) is 0.0526. The Hall–Kier alpha value is -3.30. The summed E-state index contributed by atoms with van der Waals surface area (Å²) in [5.41, 5.74) is 0.997. The third kappa shape index (κ3) is 4.58. The maximum absolute atomic E-state index is 13.4. The highest BCUT2D eigenvalue weighted by Crippen LogP contribution is 2.29. The summed E-state index contributed by atoms with van der Waals surface area (Å²) in [6.45, 7) is 1.83. The Labute approximate surface area is 174 Å². The summed E-state index contributed by atoms with van der Waals surface area (Å²) < 4.78 is 19.0. The minimum absolute atomic E-state index is 0.00797. The first-order valence-corrected chi connectivity index (χ1v) is 8.96. The fourth-order valence-electron chi connectivity index (χ4n) is 2.54. The van der Waals surface area contributed by atoms with Gasteiger partial charge in [-0.15, -0.1) is 0 Å². The number of nitro benzene ring substituents is 1. The van der Waals surface area contributed by atoms with E-state index in [2.05, 4.69) is 10.6 Å². The number of halogens is 2. The van der Waals surface area contributed by atoms with Crippen molar-refractivity contribution < 1.29 is 18.5 Å². The molecule has 0 saturated heterocycles. The molecule has 1 heterocycles. The first-order valence-electron chi connectivity index (χ1n) is 8.18. The number of amides is 1. The normalized spacial score (nSPS) is 10.4. The van der Waals surface area contributed by atoms with Crippen LogP contribution in [-0.2, 0) is 0 Å². The maximum atomic E-state index is 13.4. The number of hydrogen-bond donors (Lipinski definition) is 2. The summed E-state index contributed by atoms with van der Waals surface area (Å²) in [5.74, 6) is -1.13. The minimum atomic E-state index is -0.977. The van der Waals surface area contributed by atoms with Gasteiger partial charge in [0.2, 0.25) is 5.82 Å². The quantitative estimate of drug-likeness (QED) is 0.338. The van der Waals surface area contributed by atoms with Gasteiger partial charge in [0, 0.05) is 22.3 Å². The number of rotatable bonds is 4. The molecule has 10 heteroatoms. The van der Waals surface area contributed by atoms with Gasteiger partial charge in [-0.2, -0.15) is 4.39 Å². The van der Waals surface area contributed by atoms with Crippen LogP contribution in [-0.4, -0.2) is 15.9 Å². The molecule has 1 aromatic heterocycles. The van der Waals surface area contributed by atoms with Gasteiger partial charge in [0.15, 0.2) is 10.9 Å². The van der Waals surface area contributed by atoms with Gasteiger partial charge in [-0.3, -0.25) is 20.2 Å². The lowest BCUT2D eigenvalue weighted by molar-refractivity contribution is -0.387. The van der Waals surface area contributed by atoms with E-state index in [9.17, 15) is 19.3 Å². The standard InChI is InChI=1S/C19H13ClFN3O4S/c1-10-12(3-2-4-13(10)20)16-7-8-17(28-16)18(25)23-19(29)22-11-5-6-14(21)15(9-11)24(26)27/h2-9H,1H3,(H2,22,23,25,29). The molecule has 1 amide bonds. The summed E-state index contributed by atoms with van der Waals surface area (Å²) in [7, 11) is 0. The topological polar surface area (TPSA) is 97.4 Å². The second-order valence-electron chi connectivity index (χ2n) is 5.91. The predicted molar refractivity (Wildman–Crippen MR) is 111 cm³/mol. The van der Waals surface area contributed by atoms with Crippen LogP contribution in [0, 0.1) is 22.9 Å². The molecule has 0 fully saturated rings. The van der Waals surface area contributed by atoms with E-state index in [4.69, 9.17) is 28.2 Å². The Morgan fingerprint density at radius 1 is 1.24 bits per heavy atom. The molecular weight excluding hydrogens is 421 g/mol. The smallest absolute Gasteiger partial charge is 0.306 e. The molecule has 148 valence electrons. The Morgan fingerprint density at radius 3 is 2.72 bits per heavy atom. The lowest BCUT2D eigenvalue weighted by atomic mass is 10.1. The lowest BCUT2D eigenvalue weighted by Crippen LogP contribution is -2.33. The molecule has 2 N–H and O–H groups in total. The van der Waals surface area contributed by atoms with Crippen molar-refractivity contribution in [1.82, 2.24) is 5.32 Å². The Bertz CT molecular complexity index is 1130. The molecule has 0 unspecified atom stereocenters. The Morgan fingerprint density at radius 2 is 2.00 bits per heavy atom. The zero-order valence-corrected chi connectivity index (χ0v) is 16.4. The number of nitro groups is 1. The van der Waals surface area contributed by atoms with Gasteiger partial charge in [-0.25, -0.2) is 0 Å². The van der Waals surface area contributed by atoms with Crippen LogP contribution >= 0.6 is 23.8 Å². The molecule has 0 bridgehead atoms. The molecule has 0 spiro atoms. The molecule has 3 rings (SSSR count). The van der Waals surface area contributed by atoms with E-state index in [-0.39, 0.29) is 16.6 Å². The number of furan rings is 1. The Balaban J connectivity index is 1.70. The first-order chi connectivity index (χ1) is 13.8. The molecule has 0 aliphatic rings. The lowest BCUT2D eigenvalue weighted by Gasteiger charge is -2.09. The monoisotopic (exact) mass is 433 g/mol. The zero-order chi connectivity index (χ0) is 21.1. The second-order valence-corrected chi connectivity index (χ2v) is 6.72. The van der Waals surface area contributed by atoms with Gasteiger partial charge in [-0.1, -0.05) is 23.7 Å². The molecule has 0 aliphatic carbocycles. The molecule has 0 radical (unpaired) electrons. The number of hydrogen-bond acceptors (Lipinski definition) is 5. The van der Waals surface area contributed by atoms with E-state index in [0.29, 0.717) is 10.8 Å². The van der Waals surface area contributed by atoms with E-state index in [1.807, 2.05) is 13.0 Å². The molecule has 7 nitrogen and oxygen atoms in total. The van der Waals surface area contributed by atoms with Crippen LogP contribution in [0.4, 0.5) is 15.8 Å². The molecular formula is C19H13ClFN3O4S. The van der Waals surface area contributed by atoms with Crippen molar-refractivity contribution >= 4 is 46.2 Å². The van der Waals surface area contributed by atoms with Gasteiger partial charge in [0.05, 0.1) is 4.92 Å². The van der Waals surface area contributed by atoms with Crippen molar-refractivity contribution in [1.29, 1.82) is 0 Å². The third-order valence-electron chi connectivity index (χ3n) is 3.99. The molecule has 3 aromatic rings. The molecule has 0 aliphatic heterocycles. The van der Waals surface area contributed by atoms with Crippen molar-refractivity contribution in [2.45, 2.75) is 6.92 Å². The van der Waals surface area contributed by atoms with Crippen LogP contribution in [0.25, 0.3) is 11.3 Å². The van der Waals surface area contributed by atoms with Crippen molar-refractivity contribution in [2.75, 3.05) is 5.32 Å². The van der Waals surface area contributed by atoms with E-state index < -0.39 is 22.3 Å². The highest BCUT2D eigenvalue weighted by molar-refractivity contribution is 7.80. The van der Waals surface area contributed by atoms with E-state index in [1.54, 1.807) is 18.2 Å². The van der Waals surface area contributed by atoms with E-state index >= 15 is 0 Å². The van der Waals surface area contributed by atoms with Crippen molar-refractivity contribution in [2.24, 2.45) is 0 Å². The Kier molecular flexibility index (Phi) is 5.90. The van der Waals surface area contributed by atoms with Crippen molar-refractivity contribution in [3.63, 3.8) is 0 Å². The molecule has 0 saturated carbocycles. The van der Waals surface area contributed by atoms with Gasteiger partial charge in [0.25, 0.3) is 5.91 Å². The average Bonchev–Trinajstić information content (AvgIpc) is 3.15. The summed E-state index contributed by atoms with van der Waals surface area (Å²) in [4.78, 5) is 22.3. The van der Waals surface area contributed by atoms with Gasteiger partial charge in [-0.05, 0) is 55.0 Å². The number of anilines is 1. The van der Waals surface area contributed by atoms with Gasteiger partial charge >= 0.3 is 5.69 Å². The summed E-state index contributed by atoms with van der Waals surface area (Å²) in [5, 5.41) is 16.2. The highest BCUT2D eigenvalue weighted by atomic mass is 35.5. The van der Waals surface area contributed by atoms with Crippen molar-refractivity contribution in [3.05, 3.63) is 80.8 Å². The van der Waals surface area contributed by atoms with Crippen LogP contribution in [0.1, 0.15) is 16.1 Å². The van der Waals surface area contributed by atoms with Gasteiger partial charge in [0.1, 0.15) is 5.76 Å². The second kappa shape index (κ2) is 8.38. The first kappa shape index (κ1) is 20.4.